The van der Waals surface area contributed by atoms with Crippen LogP contribution in [0.15, 0.2) is 30.6 Å². The van der Waals surface area contributed by atoms with Gasteiger partial charge in [-0.2, -0.15) is 0 Å². The van der Waals surface area contributed by atoms with Crippen molar-refractivity contribution in [3.63, 3.8) is 0 Å². The summed E-state index contributed by atoms with van der Waals surface area (Å²) in [4.78, 5) is 8.80. The van der Waals surface area contributed by atoms with Gasteiger partial charge in [0.25, 0.3) is 0 Å². The summed E-state index contributed by atoms with van der Waals surface area (Å²) in [5, 5.41) is 3.09. The van der Waals surface area contributed by atoms with E-state index in [1.807, 2.05) is 19.4 Å². The molecule has 0 saturated carbocycles. The van der Waals surface area contributed by atoms with Gasteiger partial charge in [-0.05, 0) is 26.5 Å². The van der Waals surface area contributed by atoms with Gasteiger partial charge >= 0.3 is 0 Å². The SMILES string of the molecule is CNCc1cnc(Cc2cc(C)cc(C)c2)nc1. The minimum atomic E-state index is 0.794. The Morgan fingerprint density at radius 2 is 1.56 bits per heavy atom. The molecule has 0 atom stereocenters. The molecule has 0 saturated heterocycles. The van der Waals surface area contributed by atoms with Gasteiger partial charge in [-0.25, -0.2) is 9.97 Å². The largest absolute Gasteiger partial charge is 0.316 e. The summed E-state index contributed by atoms with van der Waals surface area (Å²) in [6.07, 6.45) is 4.57. The normalized spacial score (nSPS) is 10.6. The van der Waals surface area contributed by atoms with Gasteiger partial charge in [-0.3, -0.25) is 0 Å². The van der Waals surface area contributed by atoms with E-state index in [2.05, 4.69) is 47.3 Å². The molecule has 0 aliphatic carbocycles. The Kier molecular flexibility index (Phi) is 4.05. The summed E-state index contributed by atoms with van der Waals surface area (Å²) in [6, 6.07) is 6.57. The number of aryl methyl sites for hydroxylation is 2. The Hall–Kier alpha value is -1.74. The maximum Gasteiger partial charge on any atom is 0.132 e. The lowest BCUT2D eigenvalue weighted by Crippen LogP contribution is -2.07. The number of benzene rings is 1. The minimum absolute atomic E-state index is 0.794. The lowest BCUT2D eigenvalue weighted by molar-refractivity contribution is 0.798. The zero-order valence-electron chi connectivity index (χ0n) is 11.2. The topological polar surface area (TPSA) is 37.8 Å². The second-order valence-electron chi connectivity index (χ2n) is 4.71. The van der Waals surface area contributed by atoms with Crippen molar-refractivity contribution in [3.8, 4) is 0 Å². The summed E-state index contributed by atoms with van der Waals surface area (Å²) >= 11 is 0. The second-order valence-corrected chi connectivity index (χ2v) is 4.71. The molecule has 0 unspecified atom stereocenters. The molecule has 0 aliphatic rings. The van der Waals surface area contributed by atoms with Crippen LogP contribution in [-0.2, 0) is 13.0 Å². The molecule has 0 spiro atoms. The Morgan fingerprint density at radius 3 is 2.11 bits per heavy atom. The number of nitrogens with one attached hydrogen (secondary N) is 1. The van der Waals surface area contributed by atoms with Crippen molar-refractivity contribution in [2.45, 2.75) is 26.8 Å². The molecule has 1 N–H and O–H groups in total. The summed E-state index contributed by atoms with van der Waals surface area (Å²) < 4.78 is 0. The standard InChI is InChI=1S/C15H19N3/c1-11-4-12(2)6-13(5-11)7-15-17-9-14(8-16-3)10-18-15/h4-6,9-10,16H,7-8H2,1-3H3. The zero-order chi connectivity index (χ0) is 13.0. The Morgan fingerprint density at radius 1 is 0.944 bits per heavy atom. The fraction of sp³-hybridized carbons (Fsp3) is 0.333. The lowest BCUT2D eigenvalue weighted by atomic mass is 10.0. The lowest BCUT2D eigenvalue weighted by Gasteiger charge is -2.05. The summed E-state index contributed by atoms with van der Waals surface area (Å²) in [5.74, 6) is 0.875. The van der Waals surface area contributed by atoms with Crippen molar-refractivity contribution in [3.05, 3.63) is 58.7 Å². The van der Waals surface area contributed by atoms with Crippen LogP contribution >= 0.6 is 0 Å². The van der Waals surface area contributed by atoms with Crippen LogP contribution in [0.3, 0.4) is 0 Å². The van der Waals surface area contributed by atoms with E-state index in [9.17, 15) is 0 Å². The Bertz CT molecular complexity index is 498. The third-order valence-corrected chi connectivity index (χ3v) is 2.78. The molecule has 1 aromatic heterocycles. The van der Waals surface area contributed by atoms with E-state index < -0.39 is 0 Å². The molecule has 2 aromatic rings. The van der Waals surface area contributed by atoms with Crippen molar-refractivity contribution < 1.29 is 0 Å². The van der Waals surface area contributed by atoms with Crippen LogP contribution in [0.4, 0.5) is 0 Å². The van der Waals surface area contributed by atoms with Crippen LogP contribution in [0.1, 0.15) is 28.1 Å². The molecule has 0 radical (unpaired) electrons. The fourth-order valence-corrected chi connectivity index (χ4v) is 2.12. The van der Waals surface area contributed by atoms with Gasteiger partial charge < -0.3 is 5.32 Å². The maximum absolute atomic E-state index is 4.40. The molecule has 0 fully saturated rings. The Labute approximate surface area is 108 Å². The van der Waals surface area contributed by atoms with Crippen LogP contribution < -0.4 is 5.32 Å². The quantitative estimate of drug-likeness (QED) is 0.893. The first-order valence-electron chi connectivity index (χ1n) is 6.19. The average molecular weight is 241 g/mol. The van der Waals surface area contributed by atoms with Gasteiger partial charge in [0, 0.05) is 30.9 Å². The molecule has 18 heavy (non-hydrogen) atoms. The monoisotopic (exact) mass is 241 g/mol. The highest BCUT2D eigenvalue weighted by molar-refractivity contribution is 5.30. The van der Waals surface area contributed by atoms with Crippen molar-refractivity contribution in [2.24, 2.45) is 0 Å². The van der Waals surface area contributed by atoms with Crippen LogP contribution in [0.25, 0.3) is 0 Å². The maximum atomic E-state index is 4.40. The molecule has 1 aromatic carbocycles. The number of nitrogens with zero attached hydrogens (tertiary/aromatic N) is 2. The first kappa shape index (κ1) is 12.7. The van der Waals surface area contributed by atoms with Gasteiger partial charge in [0.1, 0.15) is 5.82 Å². The summed E-state index contributed by atoms with van der Waals surface area (Å²) in [7, 11) is 1.92. The highest BCUT2D eigenvalue weighted by Gasteiger charge is 2.01. The van der Waals surface area contributed by atoms with Gasteiger partial charge in [0.2, 0.25) is 0 Å². The number of rotatable bonds is 4. The van der Waals surface area contributed by atoms with E-state index in [4.69, 9.17) is 0 Å². The van der Waals surface area contributed by atoms with Gasteiger partial charge in [0.05, 0.1) is 0 Å². The van der Waals surface area contributed by atoms with Crippen molar-refractivity contribution in [2.75, 3.05) is 7.05 Å². The van der Waals surface area contributed by atoms with Crippen molar-refractivity contribution in [1.82, 2.24) is 15.3 Å². The molecule has 0 aliphatic heterocycles. The van der Waals surface area contributed by atoms with Crippen LogP contribution in [0, 0.1) is 13.8 Å². The van der Waals surface area contributed by atoms with Gasteiger partial charge in [-0.1, -0.05) is 29.3 Å². The van der Waals surface area contributed by atoms with Crippen LogP contribution in [0.2, 0.25) is 0 Å². The van der Waals surface area contributed by atoms with E-state index in [-0.39, 0.29) is 0 Å². The molecule has 2 rings (SSSR count). The van der Waals surface area contributed by atoms with Crippen LogP contribution in [0.5, 0.6) is 0 Å². The fourth-order valence-electron chi connectivity index (χ4n) is 2.12. The predicted molar refractivity (Wildman–Crippen MR) is 73.5 cm³/mol. The zero-order valence-corrected chi connectivity index (χ0v) is 11.2. The second kappa shape index (κ2) is 5.74. The van der Waals surface area contributed by atoms with Gasteiger partial charge in [0.15, 0.2) is 0 Å². The highest BCUT2D eigenvalue weighted by atomic mass is 14.9. The summed E-state index contributed by atoms with van der Waals surface area (Å²) in [5.41, 5.74) is 4.96. The molecule has 0 bridgehead atoms. The molecule has 3 heteroatoms. The molecular formula is C15H19N3. The predicted octanol–water partition coefficient (Wildman–Crippen LogP) is 2.40. The highest BCUT2D eigenvalue weighted by Crippen LogP contribution is 2.11. The van der Waals surface area contributed by atoms with E-state index >= 15 is 0 Å². The third kappa shape index (κ3) is 3.37. The van der Waals surface area contributed by atoms with E-state index in [0.717, 1.165) is 24.4 Å². The van der Waals surface area contributed by atoms with Gasteiger partial charge in [-0.15, -0.1) is 0 Å². The first-order chi connectivity index (χ1) is 8.67. The number of aromatic nitrogens is 2. The molecule has 0 amide bonds. The molecular weight excluding hydrogens is 222 g/mol. The first-order valence-corrected chi connectivity index (χ1v) is 6.19. The molecule has 3 nitrogen and oxygen atoms in total. The van der Waals surface area contributed by atoms with E-state index in [1.165, 1.54) is 16.7 Å². The van der Waals surface area contributed by atoms with Crippen LogP contribution in [-0.4, -0.2) is 17.0 Å². The Balaban J connectivity index is 2.13. The smallest absolute Gasteiger partial charge is 0.132 e. The average Bonchev–Trinajstić information content (AvgIpc) is 2.31. The molecule has 1 heterocycles. The third-order valence-electron chi connectivity index (χ3n) is 2.78. The van der Waals surface area contributed by atoms with E-state index in [1.54, 1.807) is 0 Å². The molecule has 94 valence electrons. The minimum Gasteiger partial charge on any atom is -0.316 e. The summed E-state index contributed by atoms with van der Waals surface area (Å²) in [6.45, 7) is 5.05. The number of hydrogen-bond acceptors (Lipinski definition) is 3. The van der Waals surface area contributed by atoms with E-state index in [0.29, 0.717) is 0 Å². The number of hydrogen-bond donors (Lipinski definition) is 1. The van der Waals surface area contributed by atoms with Crippen molar-refractivity contribution >= 4 is 0 Å². The van der Waals surface area contributed by atoms with Crippen molar-refractivity contribution in [1.29, 1.82) is 0 Å².